The zero-order valence-electron chi connectivity index (χ0n) is 16.2. The fourth-order valence-corrected chi connectivity index (χ4v) is 4.12. The van der Waals surface area contributed by atoms with Crippen molar-refractivity contribution in [3.8, 4) is 5.75 Å². The standard InChI is InChI=1S/C22H28N4O2/c27-21(19-6-4-13-26(16-19)22-23-11-5-12-24-22)25-14-9-18(10-15-25)17-28-20-7-2-1-3-8-20/h1-3,5,7-8,11-12,18-19H,4,6,9-10,13-17H2. The SMILES string of the molecule is O=C(C1CCCN(c2ncccn2)C1)N1CCC(COc2ccccc2)CC1. The van der Waals surface area contributed by atoms with Gasteiger partial charge < -0.3 is 14.5 Å². The highest BCUT2D eigenvalue weighted by atomic mass is 16.5. The molecule has 2 aliphatic rings. The number of amides is 1. The van der Waals surface area contributed by atoms with Crippen LogP contribution in [0.5, 0.6) is 5.75 Å². The molecule has 0 saturated carbocycles. The van der Waals surface area contributed by atoms with Gasteiger partial charge in [-0.05, 0) is 49.8 Å². The van der Waals surface area contributed by atoms with Gasteiger partial charge in [-0.15, -0.1) is 0 Å². The lowest BCUT2D eigenvalue weighted by Crippen LogP contribution is -2.48. The van der Waals surface area contributed by atoms with Gasteiger partial charge in [0.05, 0.1) is 12.5 Å². The molecule has 4 rings (SSSR count). The van der Waals surface area contributed by atoms with Crippen LogP contribution in [-0.2, 0) is 4.79 Å². The van der Waals surface area contributed by atoms with Crippen LogP contribution in [0.25, 0.3) is 0 Å². The number of carbonyl (C=O) groups excluding carboxylic acids is 1. The number of carbonyl (C=O) groups is 1. The quantitative estimate of drug-likeness (QED) is 0.798. The molecular weight excluding hydrogens is 352 g/mol. The van der Waals surface area contributed by atoms with Crippen molar-refractivity contribution in [2.24, 2.45) is 11.8 Å². The molecular formula is C22H28N4O2. The summed E-state index contributed by atoms with van der Waals surface area (Å²) in [6.07, 6.45) is 7.51. The van der Waals surface area contributed by atoms with Crippen LogP contribution in [0.15, 0.2) is 48.8 Å². The van der Waals surface area contributed by atoms with E-state index in [4.69, 9.17) is 4.74 Å². The monoisotopic (exact) mass is 380 g/mol. The molecule has 2 aromatic rings. The van der Waals surface area contributed by atoms with Crippen LogP contribution in [0.2, 0.25) is 0 Å². The molecule has 148 valence electrons. The van der Waals surface area contributed by atoms with Gasteiger partial charge in [-0.25, -0.2) is 9.97 Å². The molecule has 2 fully saturated rings. The van der Waals surface area contributed by atoms with Crippen molar-refractivity contribution in [1.29, 1.82) is 0 Å². The van der Waals surface area contributed by atoms with Gasteiger partial charge in [-0.3, -0.25) is 4.79 Å². The van der Waals surface area contributed by atoms with E-state index in [1.807, 2.05) is 36.4 Å². The number of ether oxygens (including phenoxy) is 1. The lowest BCUT2D eigenvalue weighted by atomic mass is 9.93. The smallest absolute Gasteiger partial charge is 0.227 e. The fourth-order valence-electron chi connectivity index (χ4n) is 4.12. The summed E-state index contributed by atoms with van der Waals surface area (Å²) < 4.78 is 5.90. The van der Waals surface area contributed by atoms with Gasteiger partial charge in [0.25, 0.3) is 0 Å². The Balaban J connectivity index is 1.25. The van der Waals surface area contributed by atoms with E-state index in [-0.39, 0.29) is 5.92 Å². The predicted octanol–water partition coefficient (Wildman–Crippen LogP) is 3.01. The zero-order chi connectivity index (χ0) is 19.2. The minimum Gasteiger partial charge on any atom is -0.493 e. The van der Waals surface area contributed by atoms with Gasteiger partial charge in [-0.1, -0.05) is 18.2 Å². The van der Waals surface area contributed by atoms with Gasteiger partial charge in [-0.2, -0.15) is 0 Å². The Labute approximate surface area is 166 Å². The van der Waals surface area contributed by atoms with Gasteiger partial charge in [0, 0.05) is 38.6 Å². The van der Waals surface area contributed by atoms with Gasteiger partial charge >= 0.3 is 0 Å². The molecule has 1 unspecified atom stereocenters. The first-order valence-electron chi connectivity index (χ1n) is 10.3. The summed E-state index contributed by atoms with van der Waals surface area (Å²) in [5, 5.41) is 0. The van der Waals surface area contributed by atoms with Gasteiger partial charge in [0.1, 0.15) is 5.75 Å². The Bertz CT molecular complexity index is 748. The van der Waals surface area contributed by atoms with Crippen molar-refractivity contribution in [3.63, 3.8) is 0 Å². The van der Waals surface area contributed by atoms with Crippen molar-refractivity contribution in [2.45, 2.75) is 25.7 Å². The van der Waals surface area contributed by atoms with E-state index < -0.39 is 0 Å². The largest absolute Gasteiger partial charge is 0.493 e. The number of hydrogen-bond donors (Lipinski definition) is 0. The minimum absolute atomic E-state index is 0.0506. The van der Waals surface area contributed by atoms with Crippen LogP contribution in [-0.4, -0.2) is 53.6 Å². The zero-order valence-corrected chi connectivity index (χ0v) is 16.2. The Morgan fingerprint density at radius 3 is 2.50 bits per heavy atom. The Kier molecular flexibility index (Phi) is 6.04. The molecule has 28 heavy (non-hydrogen) atoms. The van der Waals surface area contributed by atoms with Crippen molar-refractivity contribution < 1.29 is 9.53 Å². The molecule has 0 radical (unpaired) electrons. The molecule has 0 bridgehead atoms. The molecule has 1 aromatic carbocycles. The normalized spacial score (nSPS) is 20.8. The van der Waals surface area contributed by atoms with E-state index in [2.05, 4.69) is 19.8 Å². The maximum Gasteiger partial charge on any atom is 0.227 e. The van der Waals surface area contributed by atoms with Crippen LogP contribution in [0.1, 0.15) is 25.7 Å². The number of para-hydroxylation sites is 1. The lowest BCUT2D eigenvalue weighted by Gasteiger charge is -2.37. The summed E-state index contributed by atoms with van der Waals surface area (Å²) in [6, 6.07) is 11.8. The second-order valence-corrected chi connectivity index (χ2v) is 7.73. The maximum atomic E-state index is 13.0. The van der Waals surface area contributed by atoms with Gasteiger partial charge in [0.15, 0.2) is 0 Å². The number of hydrogen-bond acceptors (Lipinski definition) is 5. The molecule has 2 saturated heterocycles. The molecule has 1 amide bonds. The van der Waals surface area contributed by atoms with E-state index in [0.717, 1.165) is 70.2 Å². The Morgan fingerprint density at radius 1 is 1.00 bits per heavy atom. The molecule has 2 aliphatic heterocycles. The maximum absolute atomic E-state index is 13.0. The molecule has 6 heteroatoms. The first-order valence-corrected chi connectivity index (χ1v) is 10.3. The van der Waals surface area contributed by atoms with Crippen molar-refractivity contribution in [3.05, 3.63) is 48.8 Å². The summed E-state index contributed by atoms with van der Waals surface area (Å²) >= 11 is 0. The number of anilines is 1. The van der Waals surface area contributed by atoms with E-state index in [1.165, 1.54) is 0 Å². The number of likely N-dealkylation sites (tertiary alicyclic amines) is 1. The van der Waals surface area contributed by atoms with Gasteiger partial charge in [0.2, 0.25) is 11.9 Å². The first kappa shape index (κ1) is 18.7. The molecule has 1 aromatic heterocycles. The van der Waals surface area contributed by atoms with E-state index in [9.17, 15) is 4.79 Å². The average molecular weight is 380 g/mol. The number of aromatic nitrogens is 2. The topological polar surface area (TPSA) is 58.6 Å². The third-order valence-corrected chi connectivity index (χ3v) is 5.76. The Morgan fingerprint density at radius 2 is 1.75 bits per heavy atom. The van der Waals surface area contributed by atoms with Crippen molar-refractivity contribution in [1.82, 2.24) is 14.9 Å². The summed E-state index contributed by atoms with van der Waals surface area (Å²) in [5.41, 5.74) is 0. The lowest BCUT2D eigenvalue weighted by molar-refractivity contribution is -0.137. The summed E-state index contributed by atoms with van der Waals surface area (Å²) in [6.45, 7) is 4.04. The first-order chi connectivity index (χ1) is 13.8. The van der Waals surface area contributed by atoms with Crippen LogP contribution in [0.4, 0.5) is 5.95 Å². The van der Waals surface area contributed by atoms with E-state index >= 15 is 0 Å². The minimum atomic E-state index is 0.0506. The molecule has 0 spiro atoms. The van der Waals surface area contributed by atoms with Crippen molar-refractivity contribution in [2.75, 3.05) is 37.7 Å². The second-order valence-electron chi connectivity index (χ2n) is 7.73. The Hall–Kier alpha value is -2.63. The van der Waals surface area contributed by atoms with Crippen LogP contribution in [0.3, 0.4) is 0 Å². The molecule has 3 heterocycles. The summed E-state index contributed by atoms with van der Waals surface area (Å²) in [5.74, 6) is 2.52. The number of piperidine rings is 2. The molecule has 0 aliphatic carbocycles. The summed E-state index contributed by atoms with van der Waals surface area (Å²) in [7, 11) is 0. The van der Waals surface area contributed by atoms with Crippen molar-refractivity contribution >= 4 is 11.9 Å². The highest BCUT2D eigenvalue weighted by Crippen LogP contribution is 2.25. The fraction of sp³-hybridized carbons (Fsp3) is 0.500. The van der Waals surface area contributed by atoms with Crippen LogP contribution in [0, 0.1) is 11.8 Å². The highest BCUT2D eigenvalue weighted by Gasteiger charge is 2.32. The van der Waals surface area contributed by atoms with Crippen LogP contribution >= 0.6 is 0 Å². The average Bonchev–Trinajstić information content (AvgIpc) is 2.79. The molecule has 1 atom stereocenters. The van der Waals surface area contributed by atoms with E-state index in [0.29, 0.717) is 11.8 Å². The number of nitrogens with zero attached hydrogens (tertiary/aromatic N) is 4. The van der Waals surface area contributed by atoms with E-state index in [1.54, 1.807) is 12.4 Å². The third-order valence-electron chi connectivity index (χ3n) is 5.76. The highest BCUT2D eigenvalue weighted by molar-refractivity contribution is 5.79. The number of benzene rings is 1. The number of rotatable bonds is 5. The predicted molar refractivity (Wildman–Crippen MR) is 108 cm³/mol. The van der Waals surface area contributed by atoms with Crippen LogP contribution < -0.4 is 9.64 Å². The summed E-state index contributed by atoms with van der Waals surface area (Å²) in [4.78, 5) is 25.9. The second kappa shape index (κ2) is 9.04. The molecule has 0 N–H and O–H groups in total. The molecule has 6 nitrogen and oxygen atoms in total. The third kappa shape index (κ3) is 4.61.